The van der Waals surface area contributed by atoms with Gasteiger partial charge in [0, 0.05) is 11.4 Å². The van der Waals surface area contributed by atoms with Crippen molar-refractivity contribution in [3.63, 3.8) is 0 Å². The van der Waals surface area contributed by atoms with Crippen molar-refractivity contribution in [3.8, 4) is 5.75 Å². The lowest BCUT2D eigenvalue weighted by atomic mass is 10.1. The molecule has 3 rings (SSSR count). The number of aryl methyl sites for hydroxylation is 1. The number of hydrogen-bond donors (Lipinski definition) is 1. The molecule has 0 aliphatic rings. The van der Waals surface area contributed by atoms with Crippen LogP contribution in [-0.2, 0) is 12.3 Å². The van der Waals surface area contributed by atoms with E-state index in [9.17, 15) is 4.79 Å². The SMILES string of the molecule is COc1cccc(SCc2nnc(C(=O)NCc3ccc(C)cc3)s2)c1. The van der Waals surface area contributed by atoms with E-state index < -0.39 is 0 Å². The molecule has 0 atom stereocenters. The maximum atomic E-state index is 12.2. The van der Waals surface area contributed by atoms with Crippen molar-refractivity contribution in [1.82, 2.24) is 15.5 Å². The highest BCUT2D eigenvalue weighted by atomic mass is 32.2. The Morgan fingerprint density at radius 1 is 1.19 bits per heavy atom. The van der Waals surface area contributed by atoms with Crippen molar-refractivity contribution in [2.24, 2.45) is 0 Å². The van der Waals surface area contributed by atoms with Crippen molar-refractivity contribution >= 4 is 29.0 Å². The highest BCUT2D eigenvalue weighted by Crippen LogP contribution is 2.27. The third kappa shape index (κ3) is 5.06. The molecule has 0 spiro atoms. The van der Waals surface area contributed by atoms with E-state index in [0.29, 0.717) is 17.3 Å². The topological polar surface area (TPSA) is 64.1 Å². The molecule has 0 fully saturated rings. The van der Waals surface area contributed by atoms with Gasteiger partial charge in [-0.2, -0.15) is 0 Å². The van der Waals surface area contributed by atoms with Gasteiger partial charge >= 0.3 is 0 Å². The van der Waals surface area contributed by atoms with Gasteiger partial charge in [0.15, 0.2) is 0 Å². The number of nitrogens with zero attached hydrogens (tertiary/aromatic N) is 2. The lowest BCUT2D eigenvalue weighted by Crippen LogP contribution is -2.22. The zero-order chi connectivity index (χ0) is 18.4. The summed E-state index contributed by atoms with van der Waals surface area (Å²) < 4.78 is 5.22. The molecule has 0 aliphatic carbocycles. The number of thioether (sulfide) groups is 1. The molecule has 26 heavy (non-hydrogen) atoms. The summed E-state index contributed by atoms with van der Waals surface area (Å²) in [4.78, 5) is 13.3. The number of aromatic nitrogens is 2. The van der Waals surface area contributed by atoms with E-state index >= 15 is 0 Å². The van der Waals surface area contributed by atoms with Crippen LogP contribution >= 0.6 is 23.1 Å². The van der Waals surface area contributed by atoms with Gasteiger partial charge in [-0.1, -0.05) is 47.2 Å². The van der Waals surface area contributed by atoms with E-state index in [2.05, 4.69) is 15.5 Å². The number of ether oxygens (including phenoxy) is 1. The van der Waals surface area contributed by atoms with E-state index in [4.69, 9.17) is 4.74 Å². The van der Waals surface area contributed by atoms with E-state index in [0.717, 1.165) is 21.2 Å². The number of carbonyl (C=O) groups excluding carboxylic acids is 1. The van der Waals surface area contributed by atoms with Gasteiger partial charge < -0.3 is 10.1 Å². The highest BCUT2D eigenvalue weighted by Gasteiger charge is 2.13. The van der Waals surface area contributed by atoms with Crippen LogP contribution in [-0.4, -0.2) is 23.2 Å². The Morgan fingerprint density at radius 3 is 2.77 bits per heavy atom. The number of rotatable bonds is 7. The molecule has 1 heterocycles. The van der Waals surface area contributed by atoms with Crippen LogP contribution in [0.4, 0.5) is 0 Å². The van der Waals surface area contributed by atoms with Crippen LogP contribution < -0.4 is 10.1 Å². The zero-order valence-electron chi connectivity index (χ0n) is 14.6. The zero-order valence-corrected chi connectivity index (χ0v) is 16.2. The number of amides is 1. The summed E-state index contributed by atoms with van der Waals surface area (Å²) in [7, 11) is 1.65. The van der Waals surface area contributed by atoms with Crippen molar-refractivity contribution in [1.29, 1.82) is 0 Å². The van der Waals surface area contributed by atoms with Crippen molar-refractivity contribution < 1.29 is 9.53 Å². The van der Waals surface area contributed by atoms with Crippen molar-refractivity contribution in [2.75, 3.05) is 7.11 Å². The standard InChI is InChI=1S/C19H19N3O2S2/c1-13-6-8-14(9-7-13)11-20-18(23)19-22-21-17(26-19)12-25-16-5-3-4-15(10-16)24-2/h3-10H,11-12H2,1-2H3,(H,20,23). The second-order valence-corrected chi connectivity index (χ2v) is 7.75. The largest absolute Gasteiger partial charge is 0.497 e. The van der Waals surface area contributed by atoms with Crippen LogP contribution in [0.5, 0.6) is 5.75 Å². The van der Waals surface area contributed by atoms with Crippen molar-refractivity contribution in [2.45, 2.75) is 24.1 Å². The molecule has 0 aliphatic heterocycles. The Morgan fingerprint density at radius 2 is 2.00 bits per heavy atom. The Balaban J connectivity index is 1.53. The summed E-state index contributed by atoms with van der Waals surface area (Å²) in [5, 5.41) is 12.2. The Kier molecular flexibility index (Phi) is 6.25. The Labute approximate surface area is 160 Å². The molecule has 0 bridgehead atoms. The number of hydrogen-bond acceptors (Lipinski definition) is 6. The van der Waals surface area contributed by atoms with E-state index in [1.807, 2.05) is 55.5 Å². The third-order valence-electron chi connectivity index (χ3n) is 3.64. The van der Waals surface area contributed by atoms with Crippen molar-refractivity contribution in [3.05, 3.63) is 69.7 Å². The molecule has 0 unspecified atom stereocenters. The first-order valence-corrected chi connectivity index (χ1v) is 9.87. The summed E-state index contributed by atoms with van der Waals surface area (Å²) in [6, 6.07) is 15.9. The maximum Gasteiger partial charge on any atom is 0.282 e. The summed E-state index contributed by atoms with van der Waals surface area (Å²) in [6.45, 7) is 2.52. The second-order valence-electron chi connectivity index (χ2n) is 5.64. The smallest absolute Gasteiger partial charge is 0.282 e. The molecule has 1 N–H and O–H groups in total. The summed E-state index contributed by atoms with van der Waals surface area (Å²) in [6.07, 6.45) is 0. The summed E-state index contributed by atoms with van der Waals surface area (Å²) in [5.41, 5.74) is 2.25. The highest BCUT2D eigenvalue weighted by molar-refractivity contribution is 7.98. The van der Waals surface area contributed by atoms with Crippen LogP contribution in [0.25, 0.3) is 0 Å². The van der Waals surface area contributed by atoms with Gasteiger partial charge in [-0.05, 0) is 30.7 Å². The fourth-order valence-electron chi connectivity index (χ4n) is 2.20. The molecule has 3 aromatic rings. The first-order chi connectivity index (χ1) is 12.6. The molecule has 5 nitrogen and oxygen atoms in total. The summed E-state index contributed by atoms with van der Waals surface area (Å²) >= 11 is 2.96. The molecule has 0 saturated heterocycles. The fourth-order valence-corrected chi connectivity index (χ4v) is 3.89. The van der Waals surface area contributed by atoms with E-state index in [1.54, 1.807) is 18.9 Å². The van der Waals surface area contributed by atoms with Crippen LogP contribution in [0.15, 0.2) is 53.4 Å². The number of benzene rings is 2. The number of carbonyl (C=O) groups is 1. The third-order valence-corrected chi connectivity index (χ3v) is 5.75. The Hall–Kier alpha value is -2.38. The molecule has 0 radical (unpaired) electrons. The van der Waals surface area contributed by atoms with E-state index in [-0.39, 0.29) is 5.91 Å². The van der Waals surface area contributed by atoms with Gasteiger partial charge in [-0.15, -0.1) is 22.0 Å². The lowest BCUT2D eigenvalue weighted by Gasteiger charge is -2.03. The van der Waals surface area contributed by atoms with Gasteiger partial charge in [0.25, 0.3) is 5.91 Å². The number of nitrogens with one attached hydrogen (secondary N) is 1. The Bertz CT molecular complexity index is 879. The first kappa shape index (κ1) is 18.4. The first-order valence-electron chi connectivity index (χ1n) is 8.07. The predicted octanol–water partition coefficient (Wildman–Crippen LogP) is 4.08. The van der Waals surface area contributed by atoms with Gasteiger partial charge in [0.2, 0.25) is 5.01 Å². The van der Waals surface area contributed by atoms with Crippen LogP contribution in [0, 0.1) is 6.92 Å². The average Bonchev–Trinajstić information content (AvgIpc) is 3.15. The van der Waals surface area contributed by atoms with Gasteiger partial charge in [-0.25, -0.2) is 0 Å². The molecular formula is C19H19N3O2S2. The van der Waals surface area contributed by atoms with E-state index in [1.165, 1.54) is 16.9 Å². The molecular weight excluding hydrogens is 366 g/mol. The van der Waals surface area contributed by atoms with Gasteiger partial charge in [0.05, 0.1) is 12.9 Å². The normalized spacial score (nSPS) is 10.5. The average molecular weight is 386 g/mol. The molecule has 0 saturated carbocycles. The van der Waals surface area contributed by atoms with Crippen LogP contribution in [0.3, 0.4) is 0 Å². The monoisotopic (exact) mass is 385 g/mol. The van der Waals surface area contributed by atoms with Gasteiger partial charge in [0.1, 0.15) is 10.8 Å². The molecule has 7 heteroatoms. The lowest BCUT2D eigenvalue weighted by molar-refractivity contribution is 0.0950. The fraction of sp³-hybridized carbons (Fsp3) is 0.211. The van der Waals surface area contributed by atoms with Crippen LogP contribution in [0.2, 0.25) is 0 Å². The minimum Gasteiger partial charge on any atom is -0.497 e. The predicted molar refractivity (Wildman–Crippen MR) is 105 cm³/mol. The molecule has 2 aromatic carbocycles. The molecule has 1 aromatic heterocycles. The maximum absolute atomic E-state index is 12.2. The summed E-state index contributed by atoms with van der Waals surface area (Å²) in [5.74, 6) is 1.29. The minimum atomic E-state index is -0.194. The number of methoxy groups -OCH3 is 1. The van der Waals surface area contributed by atoms with Gasteiger partial charge in [-0.3, -0.25) is 4.79 Å². The second kappa shape index (κ2) is 8.82. The van der Waals surface area contributed by atoms with Crippen LogP contribution in [0.1, 0.15) is 25.9 Å². The molecule has 134 valence electrons. The molecule has 1 amide bonds. The minimum absolute atomic E-state index is 0.194. The quantitative estimate of drug-likeness (QED) is 0.621.